The molecule has 0 atom stereocenters. The number of halogens is 1. The molecule has 0 saturated carbocycles. The molecule has 0 aliphatic carbocycles. The van der Waals surface area contributed by atoms with Crippen LogP contribution >= 0.6 is 11.6 Å². The Hall–Kier alpha value is -2.65. The number of allylic oxidation sites excluding steroid dienone is 1. The van der Waals surface area contributed by atoms with Crippen molar-refractivity contribution in [3.8, 4) is 11.1 Å². The van der Waals surface area contributed by atoms with Crippen molar-refractivity contribution in [1.82, 2.24) is 4.57 Å². The number of fused-ring (bicyclic) bond motifs is 1. The Labute approximate surface area is 138 Å². The Balaban J connectivity index is 2.47. The summed E-state index contributed by atoms with van der Waals surface area (Å²) in [6, 6.07) is 17.2. The van der Waals surface area contributed by atoms with E-state index in [9.17, 15) is 9.59 Å². The topological polar surface area (TPSA) is 39.1 Å². The molecule has 0 bridgehead atoms. The minimum absolute atomic E-state index is 0.109. The number of rotatable bonds is 3. The van der Waals surface area contributed by atoms with Crippen molar-refractivity contribution in [2.75, 3.05) is 0 Å². The second-order valence-electron chi connectivity index (χ2n) is 5.17. The Morgan fingerprint density at radius 3 is 2.26 bits per heavy atom. The van der Waals surface area contributed by atoms with Gasteiger partial charge in [-0.05, 0) is 40.8 Å². The van der Waals surface area contributed by atoms with E-state index in [1.807, 2.05) is 54.6 Å². The van der Waals surface area contributed by atoms with Gasteiger partial charge in [-0.15, -0.1) is 0 Å². The van der Waals surface area contributed by atoms with Gasteiger partial charge in [0.05, 0.1) is 5.69 Å². The number of pyridine rings is 1. The molecule has 3 aromatic rings. The lowest BCUT2D eigenvalue weighted by molar-refractivity contribution is -0.107. The molecule has 0 aliphatic rings. The summed E-state index contributed by atoms with van der Waals surface area (Å²) in [5.74, 6) is 0. The molecule has 0 aliphatic heterocycles. The fourth-order valence-corrected chi connectivity index (χ4v) is 2.79. The Bertz CT molecular complexity index is 972. The lowest BCUT2D eigenvalue weighted by Crippen LogP contribution is -2.20. The molecule has 0 saturated heterocycles. The normalized spacial score (nSPS) is 11.2. The van der Waals surface area contributed by atoms with E-state index < -0.39 is 5.24 Å². The molecule has 3 nitrogen and oxygen atoms in total. The molecule has 0 unspecified atom stereocenters. The molecule has 2 aromatic carbocycles. The van der Waals surface area contributed by atoms with Crippen molar-refractivity contribution in [3.05, 3.63) is 76.7 Å². The number of hydrogen-bond acceptors (Lipinski definition) is 2. The number of hydrogen-bond donors (Lipinski definition) is 0. The molecule has 0 spiro atoms. The Morgan fingerprint density at radius 1 is 1.00 bits per heavy atom. The zero-order valence-corrected chi connectivity index (χ0v) is 13.2. The highest BCUT2D eigenvalue weighted by Crippen LogP contribution is 2.31. The molecule has 4 heteroatoms. The highest BCUT2D eigenvalue weighted by Gasteiger charge is 2.14. The summed E-state index contributed by atoms with van der Waals surface area (Å²) in [6.07, 6.45) is 2.85. The van der Waals surface area contributed by atoms with Gasteiger partial charge in [0.2, 0.25) is 5.24 Å². The van der Waals surface area contributed by atoms with Gasteiger partial charge in [-0.25, -0.2) is 0 Å². The quantitative estimate of drug-likeness (QED) is 0.540. The van der Waals surface area contributed by atoms with Crippen molar-refractivity contribution in [2.45, 2.75) is 0 Å². The van der Waals surface area contributed by atoms with Crippen LogP contribution in [0.4, 0.5) is 0 Å². The van der Waals surface area contributed by atoms with E-state index in [1.54, 1.807) is 17.7 Å². The SMILES string of the molecule is Cn1c(/C=C/C(=O)Cl)c(-c2ccccc2)c2ccccc2c1=O. The molecular formula is C19H14ClNO2. The smallest absolute Gasteiger partial charge is 0.258 e. The molecule has 1 aromatic heterocycles. The first-order valence-electron chi connectivity index (χ1n) is 7.14. The summed E-state index contributed by atoms with van der Waals surface area (Å²) in [4.78, 5) is 23.7. The number of benzene rings is 2. The second kappa shape index (κ2) is 6.23. The molecule has 114 valence electrons. The van der Waals surface area contributed by atoms with Crippen molar-refractivity contribution in [1.29, 1.82) is 0 Å². The predicted molar refractivity (Wildman–Crippen MR) is 94.5 cm³/mol. The van der Waals surface area contributed by atoms with Crippen molar-refractivity contribution >= 4 is 33.7 Å². The molecule has 0 N–H and O–H groups in total. The lowest BCUT2D eigenvalue weighted by atomic mass is 9.96. The van der Waals surface area contributed by atoms with Crippen LogP contribution in [0.25, 0.3) is 28.0 Å². The van der Waals surface area contributed by atoms with Crippen LogP contribution in [0.15, 0.2) is 65.5 Å². The van der Waals surface area contributed by atoms with Gasteiger partial charge in [-0.3, -0.25) is 9.59 Å². The van der Waals surface area contributed by atoms with Gasteiger partial charge < -0.3 is 4.57 Å². The Kier molecular flexibility index (Phi) is 4.13. The summed E-state index contributed by atoms with van der Waals surface area (Å²) in [7, 11) is 1.69. The maximum atomic E-state index is 12.6. The van der Waals surface area contributed by atoms with E-state index in [1.165, 1.54) is 6.08 Å². The maximum absolute atomic E-state index is 12.6. The lowest BCUT2D eigenvalue weighted by Gasteiger charge is -2.15. The third kappa shape index (κ3) is 2.83. The van der Waals surface area contributed by atoms with E-state index in [4.69, 9.17) is 11.6 Å². The number of aromatic nitrogens is 1. The summed E-state index contributed by atoms with van der Waals surface area (Å²) in [5, 5.41) is 0.913. The highest BCUT2D eigenvalue weighted by atomic mass is 35.5. The largest absolute Gasteiger partial charge is 0.311 e. The van der Waals surface area contributed by atoms with E-state index in [0.29, 0.717) is 11.1 Å². The van der Waals surface area contributed by atoms with Gasteiger partial charge in [-0.2, -0.15) is 0 Å². The van der Waals surface area contributed by atoms with Gasteiger partial charge in [0.1, 0.15) is 0 Å². The van der Waals surface area contributed by atoms with Gasteiger partial charge in [-0.1, -0.05) is 48.5 Å². The van der Waals surface area contributed by atoms with Crippen LogP contribution in [-0.2, 0) is 11.8 Å². The zero-order valence-electron chi connectivity index (χ0n) is 12.5. The molecule has 0 fully saturated rings. The average Bonchev–Trinajstić information content (AvgIpc) is 2.57. The van der Waals surface area contributed by atoms with E-state index in [0.717, 1.165) is 16.5 Å². The van der Waals surface area contributed by atoms with Crippen molar-refractivity contribution in [3.63, 3.8) is 0 Å². The van der Waals surface area contributed by atoms with Gasteiger partial charge >= 0.3 is 0 Å². The van der Waals surface area contributed by atoms with Crippen LogP contribution in [0.1, 0.15) is 5.69 Å². The Morgan fingerprint density at radius 2 is 1.61 bits per heavy atom. The van der Waals surface area contributed by atoms with Crippen LogP contribution in [0.3, 0.4) is 0 Å². The third-order valence-corrected chi connectivity index (χ3v) is 3.91. The van der Waals surface area contributed by atoms with E-state index >= 15 is 0 Å². The van der Waals surface area contributed by atoms with Crippen LogP contribution in [0.2, 0.25) is 0 Å². The molecule has 3 rings (SSSR count). The first kappa shape index (κ1) is 15.3. The third-order valence-electron chi connectivity index (χ3n) is 3.78. The molecular weight excluding hydrogens is 310 g/mol. The predicted octanol–water partition coefficient (Wildman–Crippen LogP) is 3.98. The number of carbonyl (C=O) groups excluding carboxylic acids is 1. The first-order chi connectivity index (χ1) is 11.1. The molecule has 0 amide bonds. The standard InChI is InChI=1S/C19H14ClNO2/c1-21-16(11-12-17(20)22)18(13-7-3-2-4-8-13)14-9-5-6-10-15(14)19(21)23/h2-12H,1H3/b12-11+. The summed E-state index contributed by atoms with van der Waals surface area (Å²) in [6.45, 7) is 0. The van der Waals surface area contributed by atoms with E-state index in [-0.39, 0.29) is 5.56 Å². The first-order valence-corrected chi connectivity index (χ1v) is 7.52. The minimum Gasteiger partial charge on any atom is -0.311 e. The van der Waals surface area contributed by atoms with Crippen molar-refractivity contribution in [2.24, 2.45) is 7.05 Å². The van der Waals surface area contributed by atoms with E-state index in [2.05, 4.69) is 0 Å². The van der Waals surface area contributed by atoms with Crippen LogP contribution < -0.4 is 5.56 Å². The van der Waals surface area contributed by atoms with Crippen LogP contribution in [-0.4, -0.2) is 9.81 Å². The summed E-state index contributed by atoms with van der Waals surface area (Å²) >= 11 is 5.42. The van der Waals surface area contributed by atoms with Crippen molar-refractivity contribution < 1.29 is 4.79 Å². The molecule has 1 heterocycles. The highest BCUT2D eigenvalue weighted by molar-refractivity contribution is 6.66. The second-order valence-corrected chi connectivity index (χ2v) is 5.55. The average molecular weight is 324 g/mol. The number of nitrogens with zero attached hydrogens (tertiary/aromatic N) is 1. The number of carbonyl (C=O) groups is 1. The fourth-order valence-electron chi connectivity index (χ4n) is 2.73. The van der Waals surface area contributed by atoms with Gasteiger partial charge in [0.15, 0.2) is 0 Å². The van der Waals surface area contributed by atoms with Crippen LogP contribution in [0, 0.1) is 0 Å². The minimum atomic E-state index is -0.579. The molecule has 23 heavy (non-hydrogen) atoms. The monoisotopic (exact) mass is 323 g/mol. The summed E-state index contributed by atoms with van der Waals surface area (Å²) in [5.41, 5.74) is 2.41. The van der Waals surface area contributed by atoms with Crippen LogP contribution in [0.5, 0.6) is 0 Å². The summed E-state index contributed by atoms with van der Waals surface area (Å²) < 4.78 is 1.54. The maximum Gasteiger partial charge on any atom is 0.258 e. The molecule has 0 radical (unpaired) electrons. The fraction of sp³-hybridized carbons (Fsp3) is 0.0526. The van der Waals surface area contributed by atoms with Gasteiger partial charge in [0, 0.05) is 18.0 Å². The van der Waals surface area contributed by atoms with Gasteiger partial charge in [0.25, 0.3) is 5.56 Å². The zero-order chi connectivity index (χ0) is 16.4.